The number of alkyl halides is 3. The lowest BCUT2D eigenvalue weighted by Crippen LogP contribution is -2.15. The van der Waals surface area contributed by atoms with Crippen molar-refractivity contribution in [3.63, 3.8) is 0 Å². The molecule has 0 saturated heterocycles. The molecule has 0 spiro atoms. The van der Waals surface area contributed by atoms with Crippen molar-refractivity contribution < 1.29 is 22.8 Å². The van der Waals surface area contributed by atoms with Gasteiger partial charge in [0.2, 0.25) is 5.91 Å². The van der Waals surface area contributed by atoms with Crippen LogP contribution in [0.5, 0.6) is 0 Å². The van der Waals surface area contributed by atoms with Crippen LogP contribution in [0.25, 0.3) is 0 Å². The molecule has 0 saturated carbocycles. The predicted molar refractivity (Wildman–Crippen MR) is 121 cm³/mol. The topological polar surface area (TPSA) is 58.2 Å². The third-order valence-electron chi connectivity index (χ3n) is 4.44. The van der Waals surface area contributed by atoms with E-state index in [-0.39, 0.29) is 22.4 Å². The summed E-state index contributed by atoms with van der Waals surface area (Å²) >= 11 is 7.10. The van der Waals surface area contributed by atoms with E-state index in [1.165, 1.54) is 11.8 Å². The van der Waals surface area contributed by atoms with E-state index in [1.807, 2.05) is 19.1 Å². The van der Waals surface area contributed by atoms with Crippen molar-refractivity contribution in [1.29, 1.82) is 0 Å². The van der Waals surface area contributed by atoms with Crippen molar-refractivity contribution in [2.75, 3.05) is 16.4 Å². The van der Waals surface area contributed by atoms with Crippen molar-refractivity contribution >= 4 is 46.6 Å². The van der Waals surface area contributed by atoms with Gasteiger partial charge in [-0.1, -0.05) is 29.8 Å². The van der Waals surface area contributed by atoms with Gasteiger partial charge in [0, 0.05) is 16.1 Å². The minimum atomic E-state index is -4.53. The second-order valence-electron chi connectivity index (χ2n) is 6.82. The van der Waals surface area contributed by atoms with Crippen molar-refractivity contribution in [2.45, 2.75) is 18.0 Å². The molecule has 0 aromatic heterocycles. The molecule has 0 unspecified atom stereocenters. The van der Waals surface area contributed by atoms with Gasteiger partial charge in [0.25, 0.3) is 5.91 Å². The number of hydrogen-bond acceptors (Lipinski definition) is 3. The van der Waals surface area contributed by atoms with Crippen molar-refractivity contribution in [3.05, 3.63) is 88.4 Å². The van der Waals surface area contributed by atoms with E-state index in [0.29, 0.717) is 11.3 Å². The molecule has 2 N–H and O–H groups in total. The molecule has 4 nitrogen and oxygen atoms in total. The molecule has 9 heteroatoms. The zero-order valence-corrected chi connectivity index (χ0v) is 18.4. The fourth-order valence-electron chi connectivity index (χ4n) is 2.79. The Labute approximate surface area is 192 Å². The van der Waals surface area contributed by atoms with Crippen molar-refractivity contribution in [2.24, 2.45) is 0 Å². The molecule has 0 aliphatic carbocycles. The second-order valence-corrected chi connectivity index (χ2v) is 8.28. The Morgan fingerprint density at radius 3 is 2.31 bits per heavy atom. The quantitative estimate of drug-likeness (QED) is 0.390. The van der Waals surface area contributed by atoms with Gasteiger partial charge in [-0.2, -0.15) is 13.2 Å². The van der Waals surface area contributed by atoms with E-state index in [9.17, 15) is 22.8 Å². The minimum Gasteiger partial charge on any atom is -0.324 e. The molecular weight excluding hydrogens is 461 g/mol. The molecule has 166 valence electrons. The van der Waals surface area contributed by atoms with Gasteiger partial charge in [-0.05, 0) is 61.0 Å². The summed E-state index contributed by atoms with van der Waals surface area (Å²) in [5, 5.41) is 5.24. The fraction of sp³-hybridized carbons (Fsp3) is 0.130. The first-order chi connectivity index (χ1) is 15.1. The zero-order chi connectivity index (χ0) is 23.3. The summed E-state index contributed by atoms with van der Waals surface area (Å²) in [6, 6.07) is 16.9. The summed E-state index contributed by atoms with van der Waals surface area (Å²) in [5.74, 6) is -0.740. The lowest BCUT2D eigenvalue weighted by Gasteiger charge is -2.12. The summed E-state index contributed by atoms with van der Waals surface area (Å²) in [7, 11) is 0. The van der Waals surface area contributed by atoms with Crippen LogP contribution in [-0.2, 0) is 11.0 Å². The number of nitrogens with one attached hydrogen (secondary N) is 2. The van der Waals surface area contributed by atoms with Crippen LogP contribution >= 0.6 is 23.4 Å². The minimum absolute atomic E-state index is 0.0186. The van der Waals surface area contributed by atoms with Gasteiger partial charge in [-0.3, -0.25) is 9.59 Å². The number of thioether (sulfide) groups is 1. The van der Waals surface area contributed by atoms with Gasteiger partial charge in [-0.15, -0.1) is 11.8 Å². The molecule has 0 radical (unpaired) electrons. The van der Waals surface area contributed by atoms with E-state index in [1.54, 1.807) is 36.4 Å². The SMILES string of the molecule is Cc1ccccc1C(=O)Nc1ccc(SCC(=O)Nc2cc(C(F)(F)F)ccc2Cl)cc1. The maximum atomic E-state index is 12.8. The van der Waals surface area contributed by atoms with Gasteiger partial charge >= 0.3 is 6.18 Å². The van der Waals surface area contributed by atoms with Crippen molar-refractivity contribution in [3.8, 4) is 0 Å². The van der Waals surface area contributed by atoms with Gasteiger partial charge in [-0.25, -0.2) is 0 Å². The van der Waals surface area contributed by atoms with Crippen LogP contribution in [0, 0.1) is 6.92 Å². The largest absolute Gasteiger partial charge is 0.416 e. The maximum absolute atomic E-state index is 12.8. The fourth-order valence-corrected chi connectivity index (χ4v) is 3.66. The predicted octanol–water partition coefficient (Wildman–Crippen LogP) is 6.65. The third-order valence-corrected chi connectivity index (χ3v) is 5.78. The van der Waals surface area contributed by atoms with Crippen LogP contribution in [0.15, 0.2) is 71.6 Å². The van der Waals surface area contributed by atoms with E-state index in [2.05, 4.69) is 10.6 Å². The van der Waals surface area contributed by atoms with Crippen LogP contribution in [-0.4, -0.2) is 17.6 Å². The summed E-state index contributed by atoms with van der Waals surface area (Å²) < 4.78 is 38.5. The van der Waals surface area contributed by atoms with Crippen LogP contribution in [0.2, 0.25) is 5.02 Å². The summed E-state index contributed by atoms with van der Waals surface area (Å²) in [6.45, 7) is 1.85. The monoisotopic (exact) mass is 478 g/mol. The Morgan fingerprint density at radius 1 is 0.969 bits per heavy atom. The number of halogens is 4. The number of carbonyl (C=O) groups is 2. The number of carbonyl (C=O) groups excluding carboxylic acids is 2. The highest BCUT2D eigenvalue weighted by Gasteiger charge is 2.31. The number of anilines is 2. The van der Waals surface area contributed by atoms with Gasteiger partial charge in [0.1, 0.15) is 0 Å². The lowest BCUT2D eigenvalue weighted by molar-refractivity contribution is -0.137. The van der Waals surface area contributed by atoms with Crippen molar-refractivity contribution in [1.82, 2.24) is 0 Å². The Balaban J connectivity index is 1.56. The van der Waals surface area contributed by atoms with Crippen LogP contribution in [0.3, 0.4) is 0 Å². The molecule has 0 heterocycles. The highest BCUT2D eigenvalue weighted by molar-refractivity contribution is 8.00. The van der Waals surface area contributed by atoms with Crippen LogP contribution in [0.1, 0.15) is 21.5 Å². The zero-order valence-electron chi connectivity index (χ0n) is 16.8. The number of benzene rings is 3. The molecule has 3 aromatic rings. The molecule has 0 atom stereocenters. The summed E-state index contributed by atoms with van der Waals surface area (Å²) in [6.07, 6.45) is -4.53. The Hall–Kier alpha value is -2.97. The summed E-state index contributed by atoms with van der Waals surface area (Å²) in [5.41, 5.74) is 1.05. The molecule has 0 aliphatic rings. The molecule has 0 fully saturated rings. The summed E-state index contributed by atoms with van der Waals surface area (Å²) in [4.78, 5) is 25.3. The smallest absolute Gasteiger partial charge is 0.324 e. The Bertz CT molecular complexity index is 1130. The number of amides is 2. The number of hydrogen-bond donors (Lipinski definition) is 2. The highest BCUT2D eigenvalue weighted by Crippen LogP contribution is 2.34. The Kier molecular flexibility index (Phi) is 7.48. The molecular formula is C23H18ClF3N2O2S. The normalized spacial score (nSPS) is 11.2. The van der Waals surface area contributed by atoms with Gasteiger partial charge in [0.05, 0.1) is 22.0 Å². The van der Waals surface area contributed by atoms with E-state index in [4.69, 9.17) is 11.6 Å². The van der Waals surface area contributed by atoms with E-state index >= 15 is 0 Å². The lowest BCUT2D eigenvalue weighted by atomic mass is 10.1. The molecule has 3 rings (SSSR count). The van der Waals surface area contributed by atoms with Gasteiger partial charge < -0.3 is 10.6 Å². The average molecular weight is 479 g/mol. The number of rotatable bonds is 6. The van der Waals surface area contributed by atoms with E-state index in [0.717, 1.165) is 28.7 Å². The average Bonchev–Trinajstić information content (AvgIpc) is 2.74. The third kappa shape index (κ3) is 6.27. The molecule has 0 aliphatic heterocycles. The molecule has 3 aromatic carbocycles. The van der Waals surface area contributed by atoms with Crippen LogP contribution < -0.4 is 10.6 Å². The van der Waals surface area contributed by atoms with E-state index < -0.39 is 17.6 Å². The number of aryl methyl sites for hydroxylation is 1. The molecule has 0 bridgehead atoms. The molecule has 2 amide bonds. The molecule has 32 heavy (non-hydrogen) atoms. The highest BCUT2D eigenvalue weighted by atomic mass is 35.5. The first-order valence-electron chi connectivity index (χ1n) is 9.40. The van der Waals surface area contributed by atoms with Crippen LogP contribution in [0.4, 0.5) is 24.5 Å². The Morgan fingerprint density at radius 2 is 1.66 bits per heavy atom. The second kappa shape index (κ2) is 10.1. The first-order valence-corrected chi connectivity index (χ1v) is 10.8. The first kappa shape index (κ1) is 23.7. The standard InChI is InChI=1S/C23H18ClF3N2O2S/c1-14-4-2-3-5-18(14)22(31)28-16-7-9-17(10-8-16)32-13-21(30)29-20-12-15(23(25,26)27)6-11-19(20)24/h2-12H,13H2,1H3,(H,28,31)(H,29,30). The maximum Gasteiger partial charge on any atom is 0.416 e. The van der Waals surface area contributed by atoms with Gasteiger partial charge in [0.15, 0.2) is 0 Å².